The van der Waals surface area contributed by atoms with Crippen LogP contribution >= 0.6 is 0 Å². The molecule has 0 aromatic carbocycles. The molecule has 0 N–H and O–H groups in total. The smallest absolute Gasteiger partial charge is 0.169 e. The number of anilines is 1. The summed E-state index contributed by atoms with van der Waals surface area (Å²) in [5, 5.41) is 18.4. The van der Waals surface area contributed by atoms with E-state index in [0.717, 1.165) is 56.2 Å². The molecular formula is C16H23N5O. The van der Waals surface area contributed by atoms with E-state index >= 15 is 0 Å². The summed E-state index contributed by atoms with van der Waals surface area (Å²) in [4.78, 5) is 4.51. The van der Waals surface area contributed by atoms with Crippen molar-refractivity contribution in [3.05, 3.63) is 16.8 Å². The Bertz CT molecular complexity index is 597. The maximum atomic E-state index is 9.64. The van der Waals surface area contributed by atoms with Crippen LogP contribution in [0, 0.1) is 11.3 Å². The van der Waals surface area contributed by atoms with Crippen LogP contribution in [0.3, 0.4) is 0 Å². The van der Waals surface area contributed by atoms with Crippen molar-refractivity contribution in [3.63, 3.8) is 0 Å². The van der Waals surface area contributed by atoms with Crippen LogP contribution in [0.15, 0.2) is 0 Å². The lowest BCUT2D eigenvalue weighted by atomic mass is 10.0. The lowest BCUT2D eigenvalue weighted by Gasteiger charge is -2.33. The van der Waals surface area contributed by atoms with E-state index in [1.54, 1.807) is 0 Å². The molecule has 0 bridgehead atoms. The minimum atomic E-state index is 0.197. The number of hydrogen-bond acceptors (Lipinski definition) is 6. The van der Waals surface area contributed by atoms with E-state index in [-0.39, 0.29) is 6.10 Å². The van der Waals surface area contributed by atoms with Crippen LogP contribution in [0.4, 0.5) is 5.82 Å². The number of fused-ring (bicyclic) bond motifs is 1. The number of likely N-dealkylation sites (N-methyl/N-ethyl adjacent to an activating group) is 1. The Balaban J connectivity index is 1.94. The van der Waals surface area contributed by atoms with Crippen molar-refractivity contribution in [3.8, 4) is 6.07 Å². The number of nitrogens with zero attached hydrogens (tertiary/aromatic N) is 5. The summed E-state index contributed by atoms with van der Waals surface area (Å²) in [5.41, 5.74) is 2.67. The summed E-state index contributed by atoms with van der Waals surface area (Å²) in [6.07, 6.45) is 1.82. The predicted molar refractivity (Wildman–Crippen MR) is 83.9 cm³/mol. The number of nitriles is 1. The van der Waals surface area contributed by atoms with Gasteiger partial charge in [-0.2, -0.15) is 10.4 Å². The van der Waals surface area contributed by atoms with Crippen molar-refractivity contribution in [2.45, 2.75) is 38.8 Å². The van der Waals surface area contributed by atoms with Crippen LogP contribution in [0.5, 0.6) is 0 Å². The number of morpholine rings is 1. The Kier molecular flexibility index (Phi) is 4.27. The van der Waals surface area contributed by atoms with Gasteiger partial charge in [-0.1, -0.05) is 13.8 Å². The fraction of sp³-hybridized carbons (Fsp3) is 0.688. The standard InChI is InChI=1S/C16H23N5O/c1-4-11-12(8-17)16(19-18-13(11)5-2)21-9-14-15(10-21)22-7-6-20(14)3/h14-15H,4-7,9-10H2,1-3H3. The molecular weight excluding hydrogens is 278 g/mol. The zero-order valence-corrected chi connectivity index (χ0v) is 13.5. The van der Waals surface area contributed by atoms with Gasteiger partial charge in [0, 0.05) is 19.6 Å². The lowest BCUT2D eigenvalue weighted by Crippen LogP contribution is -2.48. The van der Waals surface area contributed by atoms with Crippen LogP contribution in [-0.4, -0.2) is 60.5 Å². The third-order valence-electron chi connectivity index (χ3n) is 4.82. The predicted octanol–water partition coefficient (Wildman–Crippen LogP) is 0.992. The molecule has 2 aliphatic rings. The maximum absolute atomic E-state index is 9.64. The number of aromatic nitrogens is 2. The van der Waals surface area contributed by atoms with Gasteiger partial charge in [-0.05, 0) is 25.5 Å². The summed E-state index contributed by atoms with van der Waals surface area (Å²) < 4.78 is 5.88. The van der Waals surface area contributed by atoms with Crippen molar-refractivity contribution in [2.24, 2.45) is 0 Å². The first-order chi connectivity index (χ1) is 10.7. The van der Waals surface area contributed by atoms with E-state index in [4.69, 9.17) is 4.74 Å². The summed E-state index contributed by atoms with van der Waals surface area (Å²) in [6.45, 7) is 7.49. The number of rotatable bonds is 3. The molecule has 3 rings (SSSR count). The number of ether oxygens (including phenoxy) is 1. The molecule has 0 radical (unpaired) electrons. The molecule has 6 nitrogen and oxygen atoms in total. The molecule has 2 unspecified atom stereocenters. The monoisotopic (exact) mass is 301 g/mol. The highest BCUT2D eigenvalue weighted by atomic mass is 16.5. The van der Waals surface area contributed by atoms with E-state index < -0.39 is 0 Å². The molecule has 22 heavy (non-hydrogen) atoms. The molecule has 1 aromatic rings. The van der Waals surface area contributed by atoms with Crippen LogP contribution in [-0.2, 0) is 17.6 Å². The van der Waals surface area contributed by atoms with Crippen molar-refractivity contribution in [2.75, 3.05) is 38.2 Å². The second-order valence-corrected chi connectivity index (χ2v) is 6.00. The van der Waals surface area contributed by atoms with Gasteiger partial charge in [0.1, 0.15) is 11.6 Å². The average Bonchev–Trinajstić information content (AvgIpc) is 2.98. The van der Waals surface area contributed by atoms with Gasteiger partial charge in [-0.3, -0.25) is 4.90 Å². The Morgan fingerprint density at radius 2 is 2.09 bits per heavy atom. The molecule has 6 heteroatoms. The van der Waals surface area contributed by atoms with Gasteiger partial charge in [0.25, 0.3) is 0 Å². The van der Waals surface area contributed by atoms with Gasteiger partial charge in [-0.15, -0.1) is 5.10 Å². The highest BCUT2D eigenvalue weighted by molar-refractivity contribution is 5.59. The first-order valence-electron chi connectivity index (χ1n) is 8.04. The average molecular weight is 301 g/mol. The van der Waals surface area contributed by atoms with Gasteiger partial charge in [-0.25, -0.2) is 0 Å². The van der Waals surface area contributed by atoms with Crippen molar-refractivity contribution in [1.29, 1.82) is 5.26 Å². The van der Waals surface area contributed by atoms with E-state index in [2.05, 4.69) is 47.0 Å². The first kappa shape index (κ1) is 15.2. The van der Waals surface area contributed by atoms with Gasteiger partial charge in [0.15, 0.2) is 5.82 Å². The summed E-state index contributed by atoms with van der Waals surface area (Å²) in [7, 11) is 2.14. The van der Waals surface area contributed by atoms with Crippen LogP contribution in [0.2, 0.25) is 0 Å². The molecule has 0 amide bonds. The van der Waals surface area contributed by atoms with Crippen molar-refractivity contribution >= 4 is 5.82 Å². The SMILES string of the molecule is CCc1nnc(N2CC3OCCN(C)C3C2)c(C#N)c1CC. The molecule has 2 fully saturated rings. The third-order valence-corrected chi connectivity index (χ3v) is 4.82. The van der Waals surface area contributed by atoms with E-state index in [9.17, 15) is 5.26 Å². The van der Waals surface area contributed by atoms with Crippen molar-refractivity contribution < 1.29 is 4.74 Å². The highest BCUT2D eigenvalue weighted by Crippen LogP contribution is 2.29. The summed E-state index contributed by atoms with van der Waals surface area (Å²) >= 11 is 0. The molecule has 2 saturated heterocycles. The molecule has 2 aliphatic heterocycles. The van der Waals surface area contributed by atoms with Crippen LogP contribution in [0.1, 0.15) is 30.7 Å². The molecule has 1 aromatic heterocycles. The van der Waals surface area contributed by atoms with Gasteiger partial charge in [0.2, 0.25) is 0 Å². The minimum Gasteiger partial charge on any atom is -0.373 e. The van der Waals surface area contributed by atoms with Crippen LogP contribution in [0.25, 0.3) is 0 Å². The Morgan fingerprint density at radius 1 is 1.27 bits per heavy atom. The summed E-state index contributed by atoms with van der Waals surface area (Å²) in [6, 6.07) is 2.73. The fourth-order valence-electron chi connectivity index (χ4n) is 3.53. The minimum absolute atomic E-state index is 0.197. The number of aryl methyl sites for hydroxylation is 1. The largest absolute Gasteiger partial charge is 0.373 e. The van der Waals surface area contributed by atoms with Crippen molar-refractivity contribution in [1.82, 2.24) is 15.1 Å². The molecule has 3 heterocycles. The Morgan fingerprint density at radius 3 is 2.73 bits per heavy atom. The molecule has 0 spiro atoms. The second-order valence-electron chi connectivity index (χ2n) is 6.00. The van der Waals surface area contributed by atoms with Gasteiger partial charge < -0.3 is 9.64 Å². The zero-order valence-electron chi connectivity index (χ0n) is 13.5. The highest BCUT2D eigenvalue weighted by Gasteiger charge is 2.40. The normalized spacial score (nSPS) is 25.1. The van der Waals surface area contributed by atoms with Crippen LogP contribution < -0.4 is 4.90 Å². The molecule has 0 saturated carbocycles. The van der Waals surface area contributed by atoms with Gasteiger partial charge in [0.05, 0.1) is 24.4 Å². The Labute approximate surface area is 131 Å². The lowest BCUT2D eigenvalue weighted by molar-refractivity contribution is -0.0362. The first-order valence-corrected chi connectivity index (χ1v) is 8.04. The van der Waals surface area contributed by atoms with E-state index in [0.29, 0.717) is 11.6 Å². The Hall–Kier alpha value is -1.71. The fourth-order valence-corrected chi connectivity index (χ4v) is 3.53. The molecule has 0 aliphatic carbocycles. The molecule has 2 atom stereocenters. The summed E-state index contributed by atoms with van der Waals surface area (Å²) in [5.74, 6) is 0.725. The zero-order chi connectivity index (χ0) is 15.7. The van der Waals surface area contributed by atoms with E-state index in [1.165, 1.54) is 0 Å². The second kappa shape index (κ2) is 6.19. The molecule has 118 valence electrons. The third kappa shape index (κ3) is 2.44. The maximum Gasteiger partial charge on any atom is 0.169 e. The number of hydrogen-bond donors (Lipinski definition) is 0. The topological polar surface area (TPSA) is 65.3 Å². The quantitative estimate of drug-likeness (QED) is 0.829. The van der Waals surface area contributed by atoms with Gasteiger partial charge >= 0.3 is 0 Å². The van der Waals surface area contributed by atoms with E-state index in [1.807, 2.05) is 0 Å².